The minimum absolute atomic E-state index is 0.0671. The van der Waals surface area contributed by atoms with Crippen molar-refractivity contribution in [3.8, 4) is 6.07 Å². The van der Waals surface area contributed by atoms with Gasteiger partial charge in [-0.1, -0.05) is 48.5 Å². The van der Waals surface area contributed by atoms with Crippen molar-refractivity contribution in [2.75, 3.05) is 18.0 Å². The Bertz CT molecular complexity index is 1660. The van der Waals surface area contributed by atoms with Crippen LogP contribution in [0.4, 0.5) is 5.95 Å². The van der Waals surface area contributed by atoms with Crippen molar-refractivity contribution < 1.29 is 14.7 Å². The average molecular weight is 557 g/mol. The maximum absolute atomic E-state index is 13.9. The number of anilines is 1. The van der Waals surface area contributed by atoms with Gasteiger partial charge in [0.05, 0.1) is 28.6 Å². The van der Waals surface area contributed by atoms with Crippen molar-refractivity contribution in [3.05, 3.63) is 92.6 Å². The molecule has 5 rings (SSSR count). The molecule has 1 saturated heterocycles. The number of carbonyl (C=O) groups is 2. The monoisotopic (exact) mass is 556 g/mol. The lowest BCUT2D eigenvalue weighted by Crippen LogP contribution is -2.45. The zero-order valence-electron chi connectivity index (χ0n) is 21.6. The molecular formula is C29H28N6O4S. The summed E-state index contributed by atoms with van der Waals surface area (Å²) in [4.78, 5) is 45.9. The molecule has 1 aliphatic heterocycles. The van der Waals surface area contributed by atoms with Crippen molar-refractivity contribution in [3.63, 3.8) is 0 Å². The molecule has 0 radical (unpaired) electrons. The molecule has 1 amide bonds. The molecule has 2 aromatic carbocycles. The molecule has 0 aliphatic carbocycles. The first-order valence-corrected chi connectivity index (χ1v) is 13.8. The number of rotatable bonds is 8. The minimum Gasteiger partial charge on any atom is -0.480 e. The summed E-state index contributed by atoms with van der Waals surface area (Å²) >= 11 is 0.974. The van der Waals surface area contributed by atoms with E-state index in [4.69, 9.17) is 10.7 Å². The second-order valence-corrected chi connectivity index (χ2v) is 10.9. The molecule has 11 heteroatoms. The van der Waals surface area contributed by atoms with Gasteiger partial charge in [-0.3, -0.25) is 14.2 Å². The Morgan fingerprint density at radius 3 is 2.67 bits per heavy atom. The number of benzene rings is 2. The SMILES string of the molecule is N#Cc1ccccc1Cn1c(N2CCC[C@@H](N)C2)nc2cc(C(=O)NC(Cc3ccccc3)C(=O)O)sc2c1=O. The van der Waals surface area contributed by atoms with E-state index in [0.717, 1.165) is 29.7 Å². The standard InChI is InChI=1S/C29H28N6O4S/c30-15-19-9-4-5-10-20(19)16-35-27(37)25-22(33-29(35)34-12-6-11-21(31)17-34)14-24(40-25)26(36)32-23(28(38)39)13-18-7-2-1-3-8-18/h1-5,7-10,14,21,23H,6,11-13,16-17,31H2,(H,32,36)(H,38,39)/t21-,23?/m1/s1. The summed E-state index contributed by atoms with van der Waals surface area (Å²) in [6.45, 7) is 1.32. The van der Waals surface area contributed by atoms with Crippen molar-refractivity contribution in [1.82, 2.24) is 14.9 Å². The van der Waals surface area contributed by atoms with Crippen molar-refractivity contribution in [2.45, 2.75) is 37.9 Å². The van der Waals surface area contributed by atoms with Gasteiger partial charge in [0.15, 0.2) is 0 Å². The van der Waals surface area contributed by atoms with Crippen LogP contribution in [0.3, 0.4) is 0 Å². The summed E-state index contributed by atoms with van der Waals surface area (Å²) in [6.07, 6.45) is 1.84. The molecule has 0 bridgehead atoms. The molecule has 1 fully saturated rings. The zero-order valence-corrected chi connectivity index (χ0v) is 22.4. The molecule has 0 spiro atoms. The van der Waals surface area contributed by atoms with Crippen LogP contribution in [0.15, 0.2) is 65.5 Å². The van der Waals surface area contributed by atoms with Crippen LogP contribution in [0.1, 0.15) is 39.2 Å². The smallest absolute Gasteiger partial charge is 0.326 e. The first kappa shape index (κ1) is 27.1. The van der Waals surface area contributed by atoms with Crippen LogP contribution in [0.5, 0.6) is 0 Å². The summed E-state index contributed by atoms with van der Waals surface area (Å²) < 4.78 is 1.81. The van der Waals surface area contributed by atoms with Gasteiger partial charge < -0.3 is 21.1 Å². The summed E-state index contributed by atoms with van der Waals surface area (Å²) in [5.74, 6) is -1.31. The lowest BCUT2D eigenvalue weighted by atomic mass is 10.1. The number of thiophene rings is 1. The normalized spacial score (nSPS) is 15.9. The molecular weight excluding hydrogens is 528 g/mol. The molecule has 1 aliphatic rings. The van der Waals surface area contributed by atoms with E-state index in [1.54, 1.807) is 42.5 Å². The Balaban J connectivity index is 1.52. The van der Waals surface area contributed by atoms with E-state index in [-0.39, 0.29) is 34.1 Å². The number of nitriles is 1. The molecule has 4 N–H and O–H groups in total. The number of nitrogens with zero attached hydrogens (tertiary/aromatic N) is 4. The Labute approximate surface area is 234 Å². The molecule has 1 unspecified atom stereocenters. The lowest BCUT2D eigenvalue weighted by molar-refractivity contribution is -0.139. The number of amides is 1. The second-order valence-electron chi connectivity index (χ2n) is 9.80. The maximum Gasteiger partial charge on any atom is 0.326 e. The fourth-order valence-corrected chi connectivity index (χ4v) is 5.85. The quantitative estimate of drug-likeness (QED) is 0.299. The molecule has 2 atom stereocenters. The van der Waals surface area contributed by atoms with Gasteiger partial charge in [0.2, 0.25) is 5.95 Å². The van der Waals surface area contributed by atoms with E-state index in [2.05, 4.69) is 11.4 Å². The fourth-order valence-electron chi connectivity index (χ4n) is 4.90. The van der Waals surface area contributed by atoms with Crippen LogP contribution in [0, 0.1) is 11.3 Å². The number of hydrogen-bond donors (Lipinski definition) is 3. The number of aliphatic carboxylic acids is 1. The van der Waals surface area contributed by atoms with Crippen LogP contribution in [-0.2, 0) is 17.8 Å². The summed E-state index contributed by atoms with van der Waals surface area (Å²) in [6, 6.07) is 18.6. The molecule has 204 valence electrons. The third-order valence-corrected chi connectivity index (χ3v) is 8.04. The number of nitrogens with one attached hydrogen (secondary N) is 1. The zero-order chi connectivity index (χ0) is 28.2. The van der Waals surface area contributed by atoms with Gasteiger partial charge in [-0.05, 0) is 36.1 Å². The minimum atomic E-state index is -1.15. The summed E-state index contributed by atoms with van der Waals surface area (Å²) in [5.41, 5.74) is 8.16. The van der Waals surface area contributed by atoms with Crippen LogP contribution in [0.25, 0.3) is 10.2 Å². The van der Waals surface area contributed by atoms with E-state index >= 15 is 0 Å². The van der Waals surface area contributed by atoms with E-state index < -0.39 is 17.9 Å². The van der Waals surface area contributed by atoms with Crippen molar-refractivity contribution in [1.29, 1.82) is 5.26 Å². The van der Waals surface area contributed by atoms with E-state index in [0.29, 0.717) is 35.7 Å². The van der Waals surface area contributed by atoms with Crippen LogP contribution >= 0.6 is 11.3 Å². The number of piperidine rings is 1. The number of carbonyl (C=O) groups excluding carboxylic acids is 1. The first-order chi connectivity index (χ1) is 19.3. The van der Waals surface area contributed by atoms with Gasteiger partial charge in [-0.25, -0.2) is 9.78 Å². The lowest BCUT2D eigenvalue weighted by Gasteiger charge is -2.33. The molecule has 2 aromatic heterocycles. The van der Waals surface area contributed by atoms with E-state index in [1.165, 1.54) is 10.6 Å². The molecule has 10 nitrogen and oxygen atoms in total. The van der Waals surface area contributed by atoms with Gasteiger partial charge in [0.1, 0.15) is 10.7 Å². The first-order valence-electron chi connectivity index (χ1n) is 12.9. The number of fused-ring (bicyclic) bond motifs is 1. The molecule has 0 saturated carbocycles. The second kappa shape index (κ2) is 11.7. The average Bonchev–Trinajstić information content (AvgIpc) is 3.40. The summed E-state index contributed by atoms with van der Waals surface area (Å²) in [7, 11) is 0. The van der Waals surface area contributed by atoms with Gasteiger partial charge in [0.25, 0.3) is 11.5 Å². The van der Waals surface area contributed by atoms with Gasteiger partial charge in [-0.15, -0.1) is 11.3 Å². The predicted molar refractivity (Wildman–Crippen MR) is 153 cm³/mol. The number of nitrogens with two attached hydrogens (primary N) is 1. The fraction of sp³-hybridized carbons (Fsp3) is 0.276. The van der Waals surface area contributed by atoms with Gasteiger partial charge >= 0.3 is 5.97 Å². The van der Waals surface area contributed by atoms with Gasteiger partial charge in [-0.2, -0.15) is 5.26 Å². The predicted octanol–water partition coefficient (Wildman–Crippen LogP) is 2.73. The van der Waals surface area contributed by atoms with Crippen molar-refractivity contribution >= 4 is 39.4 Å². The third-order valence-electron chi connectivity index (χ3n) is 6.93. The molecule has 40 heavy (non-hydrogen) atoms. The van der Waals surface area contributed by atoms with Crippen LogP contribution in [-0.4, -0.2) is 51.7 Å². The van der Waals surface area contributed by atoms with E-state index in [9.17, 15) is 24.8 Å². The Hall–Kier alpha value is -4.53. The van der Waals surface area contributed by atoms with Gasteiger partial charge in [0, 0.05) is 25.6 Å². The van der Waals surface area contributed by atoms with E-state index in [1.807, 2.05) is 17.0 Å². The number of hydrogen-bond acceptors (Lipinski definition) is 8. The number of aromatic nitrogens is 2. The number of carboxylic acid groups (broad SMARTS) is 1. The Morgan fingerprint density at radius 1 is 1.20 bits per heavy atom. The number of carboxylic acids is 1. The topological polar surface area (TPSA) is 154 Å². The largest absolute Gasteiger partial charge is 0.480 e. The summed E-state index contributed by atoms with van der Waals surface area (Å²) in [5, 5.41) is 21.9. The van der Waals surface area contributed by atoms with Crippen molar-refractivity contribution in [2.24, 2.45) is 5.73 Å². The Kier molecular flexibility index (Phi) is 7.91. The highest BCUT2D eigenvalue weighted by molar-refractivity contribution is 7.20. The molecule has 4 aromatic rings. The van der Waals surface area contributed by atoms with Crippen LogP contribution in [0.2, 0.25) is 0 Å². The highest BCUT2D eigenvalue weighted by Crippen LogP contribution is 2.26. The van der Waals surface area contributed by atoms with Crippen LogP contribution < -0.4 is 21.5 Å². The highest BCUT2D eigenvalue weighted by atomic mass is 32.1. The third kappa shape index (κ3) is 5.73. The Morgan fingerprint density at radius 2 is 1.95 bits per heavy atom. The molecule has 3 heterocycles. The highest BCUT2D eigenvalue weighted by Gasteiger charge is 2.26. The maximum atomic E-state index is 13.9.